The molecule has 0 aromatic heterocycles. The van der Waals surface area contributed by atoms with Crippen LogP contribution in [0.25, 0.3) is 0 Å². The largest absolute Gasteiger partial charge is 0.321 e. The van der Waals surface area contributed by atoms with E-state index in [4.69, 9.17) is 20.9 Å². The van der Waals surface area contributed by atoms with E-state index in [-0.39, 0.29) is 5.60 Å². The molecular formula is C9H18NO2PS. The van der Waals surface area contributed by atoms with Crippen molar-refractivity contribution in [2.75, 3.05) is 13.7 Å². The summed E-state index contributed by atoms with van der Waals surface area (Å²) in [6.45, 7) is 1.04. The van der Waals surface area contributed by atoms with Crippen LogP contribution in [0, 0.1) is 5.92 Å². The zero-order valence-electron chi connectivity index (χ0n) is 8.78. The molecule has 82 valence electrons. The summed E-state index contributed by atoms with van der Waals surface area (Å²) in [6.07, 6.45) is 4.83. The molecule has 14 heavy (non-hydrogen) atoms. The van der Waals surface area contributed by atoms with Crippen molar-refractivity contribution in [2.24, 2.45) is 5.92 Å². The molecule has 2 aliphatic rings. The molecule has 0 radical (unpaired) electrons. The summed E-state index contributed by atoms with van der Waals surface area (Å²) in [6, 6.07) is 0. The molecule has 0 amide bonds. The lowest BCUT2D eigenvalue weighted by molar-refractivity contribution is 0.0393. The number of hydrogen-bond acceptors (Lipinski definition) is 3. The summed E-state index contributed by atoms with van der Waals surface area (Å²) in [5, 5.41) is 3.25. The van der Waals surface area contributed by atoms with E-state index >= 15 is 0 Å². The third-order valence-corrected chi connectivity index (χ3v) is 5.91. The normalized spacial score (nSPS) is 48.6. The molecule has 1 N–H and O–H groups in total. The topological polar surface area (TPSA) is 30.5 Å². The molecule has 1 aliphatic heterocycles. The summed E-state index contributed by atoms with van der Waals surface area (Å²) < 4.78 is 11.2. The molecule has 3 nitrogen and oxygen atoms in total. The highest BCUT2D eigenvalue weighted by molar-refractivity contribution is 8.09. The van der Waals surface area contributed by atoms with Gasteiger partial charge in [0.1, 0.15) is 0 Å². The molecule has 0 aromatic rings. The fourth-order valence-corrected chi connectivity index (χ4v) is 4.68. The molecule has 1 saturated heterocycles. The Hall–Kier alpha value is 0.530. The molecule has 1 saturated carbocycles. The van der Waals surface area contributed by atoms with Gasteiger partial charge in [-0.15, -0.1) is 0 Å². The van der Waals surface area contributed by atoms with Crippen LogP contribution in [0.15, 0.2) is 0 Å². The molecule has 0 bridgehead atoms. The first-order valence-electron chi connectivity index (χ1n) is 5.19. The Labute approximate surface area is 90.8 Å². The lowest BCUT2D eigenvalue weighted by Gasteiger charge is -2.35. The van der Waals surface area contributed by atoms with E-state index in [0.29, 0.717) is 0 Å². The van der Waals surface area contributed by atoms with Crippen LogP contribution in [0.1, 0.15) is 32.6 Å². The maximum absolute atomic E-state index is 5.99. The molecule has 3 atom stereocenters. The van der Waals surface area contributed by atoms with E-state index in [1.54, 1.807) is 7.11 Å². The van der Waals surface area contributed by atoms with Crippen molar-refractivity contribution in [3.8, 4) is 0 Å². The molecule has 5 heteroatoms. The number of nitrogens with one attached hydrogen (secondary N) is 1. The van der Waals surface area contributed by atoms with Gasteiger partial charge in [0.2, 0.25) is 0 Å². The van der Waals surface area contributed by atoms with Gasteiger partial charge in [-0.2, -0.15) is 0 Å². The number of rotatable bonds is 1. The maximum atomic E-state index is 5.99. The predicted octanol–water partition coefficient (Wildman–Crippen LogP) is 2.43. The summed E-state index contributed by atoms with van der Waals surface area (Å²) >= 11 is 5.32. The first-order chi connectivity index (χ1) is 6.58. The quantitative estimate of drug-likeness (QED) is 0.707. The first-order valence-corrected chi connectivity index (χ1v) is 7.83. The van der Waals surface area contributed by atoms with Gasteiger partial charge >= 0.3 is 0 Å². The molecule has 3 unspecified atom stereocenters. The SMILES string of the molecule is COP1(=S)NCC2(CCCC(C)C2)O1. The molecule has 2 rings (SSSR count). The van der Waals surface area contributed by atoms with Crippen LogP contribution < -0.4 is 5.09 Å². The van der Waals surface area contributed by atoms with Gasteiger partial charge < -0.3 is 9.05 Å². The van der Waals surface area contributed by atoms with Crippen LogP contribution in [-0.2, 0) is 20.9 Å². The second kappa shape index (κ2) is 3.84. The maximum Gasteiger partial charge on any atom is 0.261 e. The van der Waals surface area contributed by atoms with Crippen molar-refractivity contribution in [2.45, 2.75) is 38.2 Å². The third kappa shape index (κ3) is 2.05. The van der Waals surface area contributed by atoms with Crippen LogP contribution in [-0.4, -0.2) is 19.3 Å². The van der Waals surface area contributed by atoms with Gasteiger partial charge in [0.15, 0.2) is 0 Å². The summed E-state index contributed by atoms with van der Waals surface area (Å²) in [7, 11) is 1.64. The lowest BCUT2D eigenvalue weighted by Crippen LogP contribution is -2.38. The van der Waals surface area contributed by atoms with Gasteiger partial charge in [-0.1, -0.05) is 19.8 Å². The highest BCUT2D eigenvalue weighted by Crippen LogP contribution is 2.56. The van der Waals surface area contributed by atoms with E-state index in [9.17, 15) is 0 Å². The minimum atomic E-state index is -2.13. The van der Waals surface area contributed by atoms with E-state index in [0.717, 1.165) is 25.3 Å². The average Bonchev–Trinajstić information content (AvgIpc) is 2.45. The van der Waals surface area contributed by atoms with Gasteiger partial charge in [0.25, 0.3) is 6.64 Å². The van der Waals surface area contributed by atoms with Crippen molar-refractivity contribution >= 4 is 18.4 Å². The molecule has 1 heterocycles. The monoisotopic (exact) mass is 235 g/mol. The molecular weight excluding hydrogens is 217 g/mol. The second-order valence-electron chi connectivity index (χ2n) is 4.49. The Bertz CT molecular complexity index is 274. The molecule has 2 fully saturated rings. The van der Waals surface area contributed by atoms with Gasteiger partial charge in [0.05, 0.1) is 5.60 Å². The van der Waals surface area contributed by atoms with Crippen molar-refractivity contribution in [3.63, 3.8) is 0 Å². The van der Waals surface area contributed by atoms with E-state index in [1.807, 2.05) is 0 Å². The van der Waals surface area contributed by atoms with Crippen LogP contribution in [0.4, 0.5) is 0 Å². The van der Waals surface area contributed by atoms with Crippen molar-refractivity contribution in [1.29, 1.82) is 0 Å². The van der Waals surface area contributed by atoms with Gasteiger partial charge in [-0.25, -0.2) is 5.09 Å². The van der Waals surface area contributed by atoms with Gasteiger partial charge in [-0.3, -0.25) is 0 Å². The van der Waals surface area contributed by atoms with Gasteiger partial charge in [0, 0.05) is 13.7 Å². The zero-order valence-corrected chi connectivity index (χ0v) is 10.5. The van der Waals surface area contributed by atoms with Crippen LogP contribution in [0.5, 0.6) is 0 Å². The third-order valence-electron chi connectivity index (χ3n) is 3.20. The lowest BCUT2D eigenvalue weighted by atomic mass is 9.79. The Morgan fingerprint density at radius 2 is 2.43 bits per heavy atom. The van der Waals surface area contributed by atoms with E-state index in [2.05, 4.69) is 12.0 Å². The van der Waals surface area contributed by atoms with Crippen LogP contribution in [0.2, 0.25) is 0 Å². The molecule has 0 aromatic carbocycles. The highest BCUT2D eigenvalue weighted by Gasteiger charge is 2.46. The van der Waals surface area contributed by atoms with Crippen molar-refractivity contribution in [3.05, 3.63) is 0 Å². The summed E-state index contributed by atoms with van der Waals surface area (Å²) in [5.41, 5.74) is -0.0107. The summed E-state index contributed by atoms with van der Waals surface area (Å²) in [5.74, 6) is 0.754. The highest BCUT2D eigenvalue weighted by atomic mass is 32.5. The average molecular weight is 235 g/mol. The number of hydrogen-bond donors (Lipinski definition) is 1. The van der Waals surface area contributed by atoms with E-state index < -0.39 is 6.64 Å². The minimum absolute atomic E-state index is 0.0107. The summed E-state index contributed by atoms with van der Waals surface area (Å²) in [4.78, 5) is 0. The van der Waals surface area contributed by atoms with Crippen molar-refractivity contribution < 1.29 is 9.05 Å². The Kier molecular flexibility index (Phi) is 3.02. The van der Waals surface area contributed by atoms with Gasteiger partial charge in [-0.05, 0) is 30.6 Å². The van der Waals surface area contributed by atoms with Crippen molar-refractivity contribution in [1.82, 2.24) is 5.09 Å². The second-order valence-corrected chi connectivity index (χ2v) is 7.79. The first kappa shape index (κ1) is 11.0. The van der Waals surface area contributed by atoms with Crippen LogP contribution >= 0.6 is 6.64 Å². The fourth-order valence-electron chi connectivity index (χ4n) is 2.52. The molecule has 1 spiro atoms. The standard InChI is InChI=1S/C9H18NO2PS/c1-8-4-3-5-9(6-8)7-10-13(14,11-2)12-9/h8H,3-7H2,1-2H3,(H,10,14). The Morgan fingerprint density at radius 3 is 3.00 bits per heavy atom. The fraction of sp³-hybridized carbons (Fsp3) is 1.00. The molecule has 1 aliphatic carbocycles. The van der Waals surface area contributed by atoms with Crippen LogP contribution in [0.3, 0.4) is 0 Å². The Balaban J connectivity index is 2.08. The Morgan fingerprint density at radius 1 is 1.64 bits per heavy atom. The minimum Gasteiger partial charge on any atom is -0.321 e. The van der Waals surface area contributed by atoms with E-state index in [1.165, 1.54) is 12.8 Å². The smallest absolute Gasteiger partial charge is 0.261 e. The predicted molar refractivity (Wildman–Crippen MR) is 60.7 cm³/mol. The zero-order chi connectivity index (χ0) is 10.2.